The lowest BCUT2D eigenvalue weighted by molar-refractivity contribution is 0.240. The molecule has 1 aromatic carbocycles. The molecule has 5 nitrogen and oxygen atoms in total. The van der Waals surface area contributed by atoms with Crippen LogP contribution in [0.1, 0.15) is 30.9 Å². The predicted molar refractivity (Wildman–Crippen MR) is 72.6 cm³/mol. The average molecular weight is 248 g/mol. The molecule has 1 aromatic rings. The summed E-state index contributed by atoms with van der Waals surface area (Å²) in [6, 6.07) is 7.11. The number of hydrogen-bond donors (Lipinski definition) is 4. The Morgan fingerprint density at radius 3 is 2.83 bits per heavy atom. The number of amides is 2. The van der Waals surface area contributed by atoms with Crippen LogP contribution in [0.5, 0.6) is 0 Å². The molecular weight excluding hydrogens is 228 g/mol. The molecule has 2 amide bonds. The Balaban J connectivity index is 2.41. The Morgan fingerprint density at radius 1 is 1.39 bits per heavy atom. The van der Waals surface area contributed by atoms with E-state index in [2.05, 4.69) is 17.6 Å². The van der Waals surface area contributed by atoms with Crippen molar-refractivity contribution < 1.29 is 4.79 Å². The summed E-state index contributed by atoms with van der Waals surface area (Å²) in [6.45, 7) is 3.20. The molecule has 0 saturated heterocycles. The molecule has 0 aromatic heterocycles. The normalized spacial score (nSPS) is 9.83. The highest BCUT2D eigenvalue weighted by Crippen LogP contribution is 2.04. The van der Waals surface area contributed by atoms with Gasteiger partial charge in [-0.1, -0.05) is 31.5 Å². The van der Waals surface area contributed by atoms with Crippen LogP contribution in [-0.4, -0.2) is 18.4 Å². The lowest BCUT2D eigenvalue weighted by Gasteiger charge is -2.08. The zero-order valence-corrected chi connectivity index (χ0v) is 10.6. The molecule has 0 atom stereocenters. The van der Waals surface area contributed by atoms with Crippen molar-refractivity contribution in [1.29, 1.82) is 5.41 Å². The second kappa shape index (κ2) is 7.32. The lowest BCUT2D eigenvalue weighted by Crippen LogP contribution is -2.35. The van der Waals surface area contributed by atoms with Gasteiger partial charge in [0.15, 0.2) is 0 Å². The third-order valence-corrected chi connectivity index (χ3v) is 2.51. The summed E-state index contributed by atoms with van der Waals surface area (Å²) >= 11 is 0. The Labute approximate surface area is 107 Å². The summed E-state index contributed by atoms with van der Waals surface area (Å²) in [5.74, 6) is 0.0317. The molecule has 0 heterocycles. The second-order valence-corrected chi connectivity index (χ2v) is 4.08. The molecule has 0 aliphatic rings. The highest BCUT2D eigenvalue weighted by Gasteiger charge is 2.01. The number of amidine groups is 1. The third kappa shape index (κ3) is 4.86. The average Bonchev–Trinajstić information content (AvgIpc) is 2.37. The third-order valence-electron chi connectivity index (χ3n) is 2.51. The van der Waals surface area contributed by atoms with E-state index in [9.17, 15) is 4.79 Å². The molecule has 5 N–H and O–H groups in total. The molecular formula is C13H20N4O. The van der Waals surface area contributed by atoms with Crippen LogP contribution in [0.15, 0.2) is 24.3 Å². The van der Waals surface area contributed by atoms with E-state index in [1.165, 1.54) is 0 Å². The van der Waals surface area contributed by atoms with Crippen LogP contribution in [0, 0.1) is 5.41 Å². The van der Waals surface area contributed by atoms with E-state index in [4.69, 9.17) is 11.1 Å². The molecule has 0 aliphatic carbocycles. The minimum Gasteiger partial charge on any atom is -0.384 e. The number of carbonyl (C=O) groups excluding carboxylic acids is 1. The zero-order chi connectivity index (χ0) is 13.4. The minimum atomic E-state index is -0.170. The highest BCUT2D eigenvalue weighted by atomic mass is 16.2. The molecule has 0 saturated carbocycles. The smallest absolute Gasteiger partial charge is 0.315 e. The number of unbranched alkanes of at least 4 members (excludes halogenated alkanes) is 1. The van der Waals surface area contributed by atoms with Crippen molar-refractivity contribution >= 4 is 11.9 Å². The molecule has 5 heteroatoms. The van der Waals surface area contributed by atoms with Gasteiger partial charge in [0.05, 0.1) is 0 Å². The maximum absolute atomic E-state index is 11.4. The summed E-state index contributed by atoms with van der Waals surface area (Å²) in [6.07, 6.45) is 2.04. The van der Waals surface area contributed by atoms with Gasteiger partial charge in [0.2, 0.25) is 0 Å². The van der Waals surface area contributed by atoms with Crippen molar-refractivity contribution in [2.45, 2.75) is 26.3 Å². The molecule has 0 bridgehead atoms. The monoisotopic (exact) mass is 248 g/mol. The highest BCUT2D eigenvalue weighted by molar-refractivity contribution is 5.95. The van der Waals surface area contributed by atoms with E-state index in [1.54, 1.807) is 12.1 Å². The van der Waals surface area contributed by atoms with Crippen LogP contribution in [-0.2, 0) is 6.54 Å². The SMILES string of the molecule is CCCCNC(=O)NCc1cccc(C(=N)N)c1. The largest absolute Gasteiger partial charge is 0.384 e. The van der Waals surface area contributed by atoms with Gasteiger partial charge >= 0.3 is 6.03 Å². The summed E-state index contributed by atoms with van der Waals surface area (Å²) < 4.78 is 0. The number of urea groups is 1. The zero-order valence-electron chi connectivity index (χ0n) is 10.6. The number of benzene rings is 1. The van der Waals surface area contributed by atoms with Crippen molar-refractivity contribution in [2.75, 3.05) is 6.54 Å². The first-order valence-electron chi connectivity index (χ1n) is 6.08. The van der Waals surface area contributed by atoms with Crippen LogP contribution in [0.2, 0.25) is 0 Å². The Morgan fingerprint density at radius 2 is 2.17 bits per heavy atom. The van der Waals surface area contributed by atoms with Gasteiger partial charge in [0.25, 0.3) is 0 Å². The van der Waals surface area contributed by atoms with E-state index >= 15 is 0 Å². The molecule has 0 fully saturated rings. The Bertz CT molecular complexity index is 417. The summed E-state index contributed by atoms with van der Waals surface area (Å²) in [4.78, 5) is 11.4. The maximum atomic E-state index is 11.4. The van der Waals surface area contributed by atoms with Crippen molar-refractivity contribution in [3.05, 3.63) is 35.4 Å². The van der Waals surface area contributed by atoms with Gasteiger partial charge in [-0.3, -0.25) is 5.41 Å². The molecule has 0 spiro atoms. The maximum Gasteiger partial charge on any atom is 0.315 e. The number of rotatable bonds is 6. The Kier molecular flexibility index (Phi) is 5.70. The van der Waals surface area contributed by atoms with E-state index in [1.807, 2.05) is 12.1 Å². The molecule has 0 radical (unpaired) electrons. The summed E-state index contributed by atoms with van der Waals surface area (Å²) in [5.41, 5.74) is 6.99. The fraction of sp³-hybridized carbons (Fsp3) is 0.385. The van der Waals surface area contributed by atoms with Crippen molar-refractivity contribution in [3.8, 4) is 0 Å². The van der Waals surface area contributed by atoms with E-state index in [0.717, 1.165) is 18.4 Å². The van der Waals surface area contributed by atoms with Gasteiger partial charge in [0.1, 0.15) is 5.84 Å². The number of nitrogen functional groups attached to an aromatic ring is 1. The van der Waals surface area contributed by atoms with Crippen molar-refractivity contribution in [2.24, 2.45) is 5.73 Å². The van der Waals surface area contributed by atoms with Crippen LogP contribution in [0.4, 0.5) is 4.79 Å². The van der Waals surface area contributed by atoms with Gasteiger partial charge in [0, 0.05) is 18.7 Å². The van der Waals surface area contributed by atoms with Crippen LogP contribution in [0.25, 0.3) is 0 Å². The van der Waals surface area contributed by atoms with Crippen LogP contribution in [0.3, 0.4) is 0 Å². The first-order valence-corrected chi connectivity index (χ1v) is 6.08. The fourth-order valence-electron chi connectivity index (χ4n) is 1.47. The Hall–Kier alpha value is -2.04. The summed E-state index contributed by atoms with van der Waals surface area (Å²) in [5, 5.41) is 12.9. The molecule has 0 aliphatic heterocycles. The van der Waals surface area contributed by atoms with Gasteiger partial charge in [-0.25, -0.2) is 4.79 Å². The number of nitrogens with one attached hydrogen (secondary N) is 3. The number of nitrogens with two attached hydrogens (primary N) is 1. The van der Waals surface area contributed by atoms with E-state index < -0.39 is 0 Å². The standard InChI is InChI=1S/C13H20N4O/c1-2-3-7-16-13(18)17-9-10-5-4-6-11(8-10)12(14)15/h4-6,8H,2-3,7,9H2,1H3,(H3,14,15)(H2,16,17,18). The fourth-order valence-corrected chi connectivity index (χ4v) is 1.47. The van der Waals surface area contributed by atoms with E-state index in [-0.39, 0.29) is 11.9 Å². The first-order chi connectivity index (χ1) is 8.63. The van der Waals surface area contributed by atoms with Gasteiger partial charge in [-0.2, -0.15) is 0 Å². The molecule has 1 rings (SSSR count). The van der Waals surface area contributed by atoms with Crippen molar-refractivity contribution in [3.63, 3.8) is 0 Å². The molecule has 0 unspecified atom stereocenters. The second-order valence-electron chi connectivity index (χ2n) is 4.08. The van der Waals surface area contributed by atoms with Crippen molar-refractivity contribution in [1.82, 2.24) is 10.6 Å². The quantitative estimate of drug-likeness (QED) is 0.349. The van der Waals surface area contributed by atoms with Crippen LogP contribution < -0.4 is 16.4 Å². The van der Waals surface area contributed by atoms with Gasteiger partial charge < -0.3 is 16.4 Å². The minimum absolute atomic E-state index is 0.0317. The van der Waals surface area contributed by atoms with Gasteiger partial charge in [-0.05, 0) is 18.1 Å². The first kappa shape index (κ1) is 14.0. The molecule has 98 valence electrons. The predicted octanol–water partition coefficient (Wildman–Crippen LogP) is 1.57. The van der Waals surface area contributed by atoms with Crippen LogP contribution >= 0.6 is 0 Å². The topological polar surface area (TPSA) is 91.0 Å². The lowest BCUT2D eigenvalue weighted by atomic mass is 10.1. The summed E-state index contributed by atoms with van der Waals surface area (Å²) in [7, 11) is 0. The van der Waals surface area contributed by atoms with E-state index in [0.29, 0.717) is 18.7 Å². The number of carbonyl (C=O) groups is 1. The molecule has 18 heavy (non-hydrogen) atoms. The van der Waals surface area contributed by atoms with Gasteiger partial charge in [-0.15, -0.1) is 0 Å². The number of hydrogen-bond acceptors (Lipinski definition) is 2.